The van der Waals surface area contributed by atoms with Crippen molar-refractivity contribution in [2.75, 3.05) is 81.2 Å². The average molecular weight is 1990 g/mol. The zero-order valence-electron chi connectivity index (χ0n) is 85.1. The van der Waals surface area contributed by atoms with Crippen LogP contribution in [0.15, 0.2) is 182 Å². The second-order valence-electron chi connectivity index (χ2n) is 33.6. The van der Waals surface area contributed by atoms with E-state index in [1.165, 1.54) is 79.1 Å². The highest BCUT2D eigenvalue weighted by atomic mass is 19.1. The third-order valence-corrected chi connectivity index (χ3v) is 23.6. The zero-order chi connectivity index (χ0) is 106. The lowest BCUT2D eigenvalue weighted by atomic mass is 10.0. The van der Waals surface area contributed by atoms with E-state index in [4.69, 9.17) is 33.2 Å². The van der Waals surface area contributed by atoms with Crippen LogP contribution >= 0.6 is 0 Å². The molecular weight excluding hydrogens is 1860 g/mol. The Bertz CT molecular complexity index is 6240. The fraction of sp³-hybridized carbons (Fsp3) is 0.304. The Morgan fingerprint density at radius 1 is 0.264 bits per heavy atom. The molecule has 0 unspecified atom stereocenters. The molecule has 12 aromatic carbocycles. The van der Waals surface area contributed by atoms with E-state index in [1.54, 1.807) is 97.1 Å². The first kappa shape index (κ1) is 114. The van der Waals surface area contributed by atoms with Crippen molar-refractivity contribution in [3.05, 3.63) is 345 Å². The number of aliphatic hydroxyl groups is 1. The molecule has 0 bridgehead atoms. The molecule has 766 valence electrons. The van der Waals surface area contributed by atoms with Gasteiger partial charge in [-0.1, -0.05) is 73.7 Å². The van der Waals surface area contributed by atoms with Crippen molar-refractivity contribution in [1.82, 2.24) is 0 Å². The minimum Gasteiger partial charge on any atom is -0.493 e. The van der Waals surface area contributed by atoms with Crippen molar-refractivity contribution in [3.63, 3.8) is 0 Å². The Morgan fingerprint density at radius 2 is 0.486 bits per heavy atom. The van der Waals surface area contributed by atoms with E-state index in [9.17, 15) is 60.2 Å². The lowest BCUT2D eigenvalue weighted by molar-refractivity contribution is 0.186. The first-order chi connectivity index (χ1) is 68.7. The number of hydrogen-bond acceptors (Lipinski definition) is 20. The van der Waals surface area contributed by atoms with Gasteiger partial charge >= 0.3 is 36.6 Å². The van der Waals surface area contributed by atoms with Crippen LogP contribution in [0.2, 0.25) is 0 Å². The van der Waals surface area contributed by atoms with Gasteiger partial charge in [0.2, 0.25) is 0 Å². The first-order valence-corrected chi connectivity index (χ1v) is 46.0. The molecule has 0 aromatic heterocycles. The summed E-state index contributed by atoms with van der Waals surface area (Å²) in [5.74, 6) is -0.345. The normalized spacial score (nSPS) is 10.9. The molecule has 1 fully saturated rings. The van der Waals surface area contributed by atoms with Gasteiger partial charge in [0.05, 0.1) is 95.6 Å². The molecule has 32 heteroatoms. The number of aryl methyl sites for hydroxylation is 15. The molecule has 1 saturated carbocycles. The van der Waals surface area contributed by atoms with Crippen molar-refractivity contribution >= 4 is 70.7 Å². The van der Waals surface area contributed by atoms with E-state index < -0.39 is 65.6 Å². The van der Waals surface area contributed by atoms with Crippen LogP contribution in [0.25, 0.3) is 0 Å². The van der Waals surface area contributed by atoms with E-state index in [-0.39, 0.29) is 86.6 Å². The molecule has 6 amide bonds. The number of benzene rings is 12. The first-order valence-electron chi connectivity index (χ1n) is 46.0. The zero-order valence-corrected chi connectivity index (χ0v) is 85.1. The van der Waals surface area contributed by atoms with Crippen LogP contribution in [0.3, 0.4) is 0 Å². The number of nitrogens with one attached hydrogen (secondary N) is 6. The number of anilines is 6. The van der Waals surface area contributed by atoms with Gasteiger partial charge in [-0.15, -0.1) is 0 Å². The highest BCUT2D eigenvalue weighted by Crippen LogP contribution is 2.44. The van der Waals surface area contributed by atoms with Crippen molar-refractivity contribution in [2.45, 2.75) is 182 Å². The predicted octanol–water partition coefficient (Wildman–Crippen LogP) is 27.1. The molecule has 0 heterocycles. The molecule has 0 radical (unpaired) electrons. The summed E-state index contributed by atoms with van der Waals surface area (Å²) in [7, 11) is 7.76. The number of halogens is 6. The second-order valence-corrected chi connectivity index (χ2v) is 33.6. The fourth-order valence-electron chi connectivity index (χ4n) is 14.2. The van der Waals surface area contributed by atoms with E-state index in [0.29, 0.717) is 69.1 Å². The molecule has 144 heavy (non-hydrogen) atoms. The van der Waals surface area contributed by atoms with Gasteiger partial charge in [0, 0.05) is 27.8 Å². The lowest BCUT2D eigenvalue weighted by Gasteiger charge is -2.16. The summed E-state index contributed by atoms with van der Waals surface area (Å²) in [6.45, 7) is 31.0. The van der Waals surface area contributed by atoms with E-state index >= 15 is 0 Å². The standard InChI is InChI=1S/C20H22FNO3.C19H22FNO4.C19H22FNO3.C18H20FNO4.2C18H20FNO3/c1-12-9-17(21)19(10-13(12)2)25-11-16-15(14-7-8-14)5-4-6-18(16)22-20(23)24-3;1-5-24-17-8-6-7-16(21-19(22)23-4)14(17)11-25-18-10-13(3)12(2)9-15(18)20;1-5-14-7-6-8-17(21-19(22)23-4)15(14)11-24-18-10-13(3)12(2)9-16(18)20;1-11-7-15(19)17(8-12(11)2)24-10-14-13(9-21)5-4-6-16(14)20-18(22)23-3;2*1-11-6-5-7-16(20-18(21)22-4)14(11)10-23-17-9-13(3)12(2)8-15(17)19/h4-6,9-10,14H,7-8,11H2,1-3H3,(H,22,23);6-10H,5,11H2,1-4H3,(H,21,22);6-10H,5,11H2,1-4H3,(H,21,22);4-8,21H,9-10H2,1-3H3,(H,20,22);2*5-9H,10H2,1-4H3,(H,20,21). The molecule has 0 saturated heterocycles. The van der Waals surface area contributed by atoms with Crippen LogP contribution in [0, 0.1) is 132 Å². The Balaban J connectivity index is 0.000000211. The third kappa shape index (κ3) is 33.3. The number of carbonyl (C=O) groups is 6. The molecule has 0 atom stereocenters. The van der Waals surface area contributed by atoms with Gasteiger partial charge in [0.25, 0.3) is 0 Å². The molecule has 7 N–H and O–H groups in total. The molecule has 12 aromatic rings. The highest BCUT2D eigenvalue weighted by molar-refractivity contribution is 5.89. The maximum absolute atomic E-state index is 14.2. The molecule has 0 spiro atoms. The predicted molar refractivity (Wildman–Crippen MR) is 544 cm³/mol. The Hall–Kier alpha value is -15.6. The Morgan fingerprint density at radius 3 is 0.757 bits per heavy atom. The molecule has 1 aliphatic rings. The Labute approximate surface area is 836 Å². The fourth-order valence-corrected chi connectivity index (χ4v) is 14.2. The Kier molecular flexibility index (Phi) is 43.9. The summed E-state index contributed by atoms with van der Waals surface area (Å²) in [6.07, 6.45) is -0.447. The van der Waals surface area contributed by atoms with Gasteiger partial charge in [-0.25, -0.2) is 55.1 Å². The van der Waals surface area contributed by atoms with Crippen molar-refractivity contribution in [3.8, 4) is 40.2 Å². The lowest BCUT2D eigenvalue weighted by Crippen LogP contribution is -2.14. The summed E-state index contributed by atoms with van der Waals surface area (Å²) in [5, 5.41) is 25.3. The molecule has 0 aliphatic heterocycles. The second kappa shape index (κ2) is 55.6. The molecular formula is C112H126F6N6O20. The van der Waals surface area contributed by atoms with Crippen LogP contribution in [0.1, 0.15) is 161 Å². The van der Waals surface area contributed by atoms with Crippen LogP contribution < -0.4 is 65.1 Å². The number of hydrogen-bond donors (Lipinski definition) is 7. The summed E-state index contributed by atoms with van der Waals surface area (Å²) >= 11 is 0. The van der Waals surface area contributed by atoms with Gasteiger partial charge < -0.3 is 66.7 Å². The maximum Gasteiger partial charge on any atom is 0.411 e. The molecule has 26 nitrogen and oxygen atoms in total. The van der Waals surface area contributed by atoms with Crippen LogP contribution in [-0.2, 0) is 81.1 Å². The highest BCUT2D eigenvalue weighted by Gasteiger charge is 2.29. The van der Waals surface area contributed by atoms with Crippen molar-refractivity contribution < 1.29 is 122 Å². The van der Waals surface area contributed by atoms with E-state index in [2.05, 4.69) is 60.3 Å². The van der Waals surface area contributed by atoms with Gasteiger partial charge in [-0.05, 0) is 339 Å². The summed E-state index contributed by atoms with van der Waals surface area (Å²) in [4.78, 5) is 68.9. The van der Waals surface area contributed by atoms with Gasteiger partial charge in [-0.2, -0.15) is 0 Å². The number of aliphatic hydroxyl groups excluding tert-OH is 1. The van der Waals surface area contributed by atoms with Gasteiger partial charge in [0.15, 0.2) is 69.4 Å². The number of methoxy groups -OCH3 is 6. The topological polar surface area (TPSA) is 315 Å². The largest absolute Gasteiger partial charge is 0.493 e. The van der Waals surface area contributed by atoms with Gasteiger partial charge in [-0.3, -0.25) is 31.9 Å². The summed E-state index contributed by atoms with van der Waals surface area (Å²) in [6, 6.07) is 51.3. The maximum atomic E-state index is 14.2. The summed E-state index contributed by atoms with van der Waals surface area (Å²) < 4.78 is 152. The van der Waals surface area contributed by atoms with Crippen LogP contribution in [0.5, 0.6) is 40.2 Å². The van der Waals surface area contributed by atoms with E-state index in [1.807, 2.05) is 159 Å². The quantitative estimate of drug-likeness (QED) is 0.0169. The third-order valence-electron chi connectivity index (χ3n) is 23.6. The van der Waals surface area contributed by atoms with E-state index in [0.717, 1.165) is 131 Å². The van der Waals surface area contributed by atoms with Crippen molar-refractivity contribution in [1.29, 1.82) is 0 Å². The number of ether oxygens (including phenoxy) is 13. The van der Waals surface area contributed by atoms with Crippen molar-refractivity contribution in [2.24, 2.45) is 0 Å². The minimum absolute atomic E-state index is 0.00448. The number of rotatable bonds is 29. The van der Waals surface area contributed by atoms with Crippen LogP contribution in [-0.4, -0.2) is 90.9 Å². The molecule has 1 aliphatic carbocycles. The molecule has 13 rings (SSSR count). The van der Waals surface area contributed by atoms with Crippen LogP contribution in [0.4, 0.5) is 89.2 Å². The number of carbonyl (C=O) groups excluding carboxylic acids is 6. The SMILES string of the molecule is CCOc1cccc(NC(=O)OC)c1COc1cc(C)c(C)cc1F.CCc1cccc(NC(=O)OC)c1COc1cc(C)c(C)cc1F.COC(=O)Nc1cccc(C)c1COc1cc(C)c(C)cc1F.COC(=O)Nc1cccc(C)c1COc1cc(C)c(C)cc1F.COC(=O)Nc1cccc(C2CC2)c1COc1cc(C)c(C)cc1F.COC(=O)Nc1cccc(CO)c1COc1cc(C)c(C)cc1F. The minimum atomic E-state index is -0.635. The smallest absolute Gasteiger partial charge is 0.411 e. The average Bonchev–Trinajstić information content (AvgIpc) is 1.64. The number of amides is 6. The van der Waals surface area contributed by atoms with Gasteiger partial charge in [0.1, 0.15) is 45.4 Å². The monoisotopic (exact) mass is 1990 g/mol. The summed E-state index contributed by atoms with van der Waals surface area (Å²) in [5.41, 5.74) is 23.2.